The number of hydrogen-bond acceptors (Lipinski definition) is 3. The van der Waals surface area contributed by atoms with E-state index in [4.69, 9.17) is 16.3 Å². The second-order valence-corrected chi connectivity index (χ2v) is 7.56. The van der Waals surface area contributed by atoms with Crippen LogP contribution in [-0.4, -0.2) is 43.6 Å². The number of carbonyl (C=O) groups is 1. The van der Waals surface area contributed by atoms with Crippen LogP contribution in [0.25, 0.3) is 0 Å². The number of amides is 1. The van der Waals surface area contributed by atoms with Gasteiger partial charge in [0.05, 0.1) is 6.61 Å². The van der Waals surface area contributed by atoms with Crippen LogP contribution in [0.5, 0.6) is 5.75 Å². The number of ether oxygens (including phenoxy) is 1. The Morgan fingerprint density at radius 2 is 1.55 bits per heavy atom. The summed E-state index contributed by atoms with van der Waals surface area (Å²) in [6.45, 7) is 2.28. The number of piperazine rings is 1. The van der Waals surface area contributed by atoms with Crippen LogP contribution in [-0.2, 0) is 4.79 Å². The van der Waals surface area contributed by atoms with Crippen molar-refractivity contribution in [3.8, 4) is 5.75 Å². The van der Waals surface area contributed by atoms with E-state index in [1.165, 1.54) is 4.90 Å². The summed E-state index contributed by atoms with van der Waals surface area (Å²) in [6, 6.07) is 5.25. The van der Waals surface area contributed by atoms with Crippen LogP contribution in [0.2, 0.25) is 5.02 Å². The Labute approximate surface area is 181 Å². The summed E-state index contributed by atoms with van der Waals surface area (Å²) in [4.78, 5) is 14.9. The summed E-state index contributed by atoms with van der Waals surface area (Å²) >= 11 is 5.95. The largest absolute Gasteiger partial charge is 0.494 e. The summed E-state index contributed by atoms with van der Waals surface area (Å²) in [5.74, 6) is -9.43. The summed E-state index contributed by atoms with van der Waals surface area (Å²) < 4.78 is 73.6. The highest BCUT2D eigenvalue weighted by molar-refractivity contribution is 6.31. The van der Waals surface area contributed by atoms with Crippen molar-refractivity contribution in [2.75, 3.05) is 37.7 Å². The molecule has 1 amide bonds. The molecule has 1 aliphatic rings. The van der Waals surface area contributed by atoms with Gasteiger partial charge in [-0.25, -0.2) is 22.0 Å². The molecule has 2 aromatic carbocycles. The minimum absolute atomic E-state index is 0.0509. The molecule has 168 valence electrons. The van der Waals surface area contributed by atoms with Gasteiger partial charge in [-0.15, -0.1) is 0 Å². The predicted octanol–water partition coefficient (Wildman–Crippen LogP) is 4.85. The maximum absolute atomic E-state index is 14.0. The standard InChI is InChI=1S/C21H20ClF5N2O2/c1-12-11-13(4-5-14(12)22)31-10-2-3-15(30)28-6-8-29(9-7-28)21-19(26)17(24)16(23)18(25)20(21)27/h4-5,11H,2-3,6-10H2,1H3. The first-order chi connectivity index (χ1) is 14.7. The summed E-state index contributed by atoms with van der Waals surface area (Å²) in [6.07, 6.45) is 0.660. The maximum Gasteiger partial charge on any atom is 0.222 e. The third kappa shape index (κ3) is 5.03. The molecule has 4 nitrogen and oxygen atoms in total. The molecule has 0 aromatic heterocycles. The van der Waals surface area contributed by atoms with Crippen molar-refractivity contribution in [2.45, 2.75) is 19.8 Å². The molecule has 1 saturated heterocycles. The Kier molecular flexibility index (Phi) is 7.25. The summed E-state index contributed by atoms with van der Waals surface area (Å²) in [7, 11) is 0. The second kappa shape index (κ2) is 9.72. The molecule has 0 atom stereocenters. The van der Waals surface area contributed by atoms with Crippen molar-refractivity contribution in [2.24, 2.45) is 0 Å². The molecule has 31 heavy (non-hydrogen) atoms. The average Bonchev–Trinajstić information content (AvgIpc) is 2.76. The Balaban J connectivity index is 1.49. The zero-order chi connectivity index (χ0) is 22.7. The lowest BCUT2D eigenvalue weighted by molar-refractivity contribution is -0.131. The minimum Gasteiger partial charge on any atom is -0.494 e. The van der Waals surface area contributed by atoms with Crippen molar-refractivity contribution in [1.82, 2.24) is 4.90 Å². The number of rotatable bonds is 6. The molecule has 0 radical (unpaired) electrons. The van der Waals surface area contributed by atoms with Gasteiger partial charge in [0.25, 0.3) is 0 Å². The number of halogens is 6. The Bertz CT molecular complexity index is 952. The number of hydrogen-bond donors (Lipinski definition) is 0. The Hall–Kier alpha value is -2.55. The van der Waals surface area contributed by atoms with E-state index in [0.29, 0.717) is 23.8 Å². The molecule has 0 spiro atoms. The molecule has 10 heteroatoms. The van der Waals surface area contributed by atoms with Crippen LogP contribution < -0.4 is 9.64 Å². The van der Waals surface area contributed by atoms with E-state index in [9.17, 15) is 26.7 Å². The van der Waals surface area contributed by atoms with E-state index in [1.807, 2.05) is 6.92 Å². The van der Waals surface area contributed by atoms with E-state index in [2.05, 4.69) is 0 Å². The fourth-order valence-electron chi connectivity index (χ4n) is 3.33. The molecule has 0 bridgehead atoms. The quantitative estimate of drug-likeness (QED) is 0.266. The van der Waals surface area contributed by atoms with E-state index < -0.39 is 34.8 Å². The van der Waals surface area contributed by atoms with Gasteiger partial charge in [-0.2, -0.15) is 0 Å². The monoisotopic (exact) mass is 462 g/mol. The number of benzene rings is 2. The number of anilines is 1. The van der Waals surface area contributed by atoms with Crippen molar-refractivity contribution >= 4 is 23.2 Å². The highest BCUT2D eigenvalue weighted by Gasteiger charge is 2.31. The van der Waals surface area contributed by atoms with Crippen LogP contribution in [0.15, 0.2) is 18.2 Å². The molecule has 2 aromatic rings. The lowest BCUT2D eigenvalue weighted by Crippen LogP contribution is -2.49. The van der Waals surface area contributed by atoms with Gasteiger partial charge in [-0.05, 0) is 37.1 Å². The van der Waals surface area contributed by atoms with Crippen LogP contribution in [0.4, 0.5) is 27.6 Å². The van der Waals surface area contributed by atoms with E-state index in [-0.39, 0.29) is 38.5 Å². The fourth-order valence-corrected chi connectivity index (χ4v) is 3.45. The van der Waals surface area contributed by atoms with E-state index in [1.54, 1.807) is 18.2 Å². The summed E-state index contributed by atoms with van der Waals surface area (Å²) in [5.41, 5.74) is -0.0861. The highest BCUT2D eigenvalue weighted by atomic mass is 35.5. The van der Waals surface area contributed by atoms with Gasteiger partial charge in [0.15, 0.2) is 23.3 Å². The smallest absolute Gasteiger partial charge is 0.222 e. The van der Waals surface area contributed by atoms with E-state index in [0.717, 1.165) is 10.5 Å². The zero-order valence-electron chi connectivity index (χ0n) is 16.7. The van der Waals surface area contributed by atoms with Gasteiger partial charge in [0.2, 0.25) is 11.7 Å². The first kappa shape index (κ1) is 23.1. The number of aryl methyl sites for hydroxylation is 1. The molecule has 0 N–H and O–H groups in total. The molecule has 1 fully saturated rings. The fraction of sp³-hybridized carbons (Fsp3) is 0.381. The minimum atomic E-state index is -2.19. The number of carbonyl (C=O) groups excluding carboxylic acids is 1. The van der Waals surface area contributed by atoms with E-state index >= 15 is 0 Å². The third-order valence-corrected chi connectivity index (χ3v) is 5.49. The molecular weight excluding hydrogens is 443 g/mol. The van der Waals surface area contributed by atoms with Crippen molar-refractivity contribution in [3.05, 3.63) is 57.9 Å². The molecule has 1 heterocycles. The molecule has 0 saturated carbocycles. The third-order valence-electron chi connectivity index (χ3n) is 5.07. The van der Waals surface area contributed by atoms with Gasteiger partial charge < -0.3 is 14.5 Å². The molecule has 3 rings (SSSR count). The molecular formula is C21H20ClF5N2O2. The molecule has 1 aliphatic heterocycles. The van der Waals surface area contributed by atoms with Gasteiger partial charge >= 0.3 is 0 Å². The van der Waals surface area contributed by atoms with Crippen LogP contribution in [0.1, 0.15) is 18.4 Å². The van der Waals surface area contributed by atoms with Crippen molar-refractivity contribution in [3.63, 3.8) is 0 Å². The maximum atomic E-state index is 14.0. The molecule has 0 aliphatic carbocycles. The zero-order valence-corrected chi connectivity index (χ0v) is 17.4. The van der Waals surface area contributed by atoms with Crippen molar-refractivity contribution < 1.29 is 31.5 Å². The van der Waals surface area contributed by atoms with Gasteiger partial charge in [-0.3, -0.25) is 4.79 Å². The Morgan fingerprint density at radius 1 is 0.968 bits per heavy atom. The first-order valence-electron chi connectivity index (χ1n) is 9.63. The van der Waals surface area contributed by atoms with Crippen LogP contribution in [0.3, 0.4) is 0 Å². The first-order valence-corrected chi connectivity index (χ1v) is 10.0. The normalized spacial score (nSPS) is 14.2. The SMILES string of the molecule is Cc1cc(OCCCC(=O)N2CCN(c3c(F)c(F)c(F)c(F)c3F)CC2)ccc1Cl. The lowest BCUT2D eigenvalue weighted by atomic mass is 10.2. The topological polar surface area (TPSA) is 32.8 Å². The molecule has 0 unspecified atom stereocenters. The average molecular weight is 463 g/mol. The number of nitrogens with zero attached hydrogens (tertiary/aromatic N) is 2. The van der Waals surface area contributed by atoms with Crippen molar-refractivity contribution in [1.29, 1.82) is 0 Å². The lowest BCUT2D eigenvalue weighted by Gasteiger charge is -2.36. The van der Waals surface area contributed by atoms with Gasteiger partial charge in [-0.1, -0.05) is 11.6 Å². The van der Waals surface area contributed by atoms with Gasteiger partial charge in [0.1, 0.15) is 11.4 Å². The highest BCUT2D eigenvalue weighted by Crippen LogP contribution is 2.31. The second-order valence-electron chi connectivity index (χ2n) is 7.15. The van der Waals surface area contributed by atoms with Crippen LogP contribution in [0, 0.1) is 36.0 Å². The van der Waals surface area contributed by atoms with Crippen LogP contribution >= 0.6 is 11.6 Å². The predicted molar refractivity (Wildman–Crippen MR) is 106 cm³/mol. The Morgan fingerprint density at radius 3 is 2.13 bits per heavy atom. The summed E-state index contributed by atoms with van der Waals surface area (Å²) in [5, 5.41) is 0.632. The van der Waals surface area contributed by atoms with Gasteiger partial charge in [0, 0.05) is 37.6 Å².